The summed E-state index contributed by atoms with van der Waals surface area (Å²) in [6.07, 6.45) is 5.64. The van der Waals surface area contributed by atoms with Crippen LogP contribution in [0.1, 0.15) is 39.5 Å². The third-order valence-electron chi connectivity index (χ3n) is 1.45. The molecule has 0 heterocycles. The first-order valence-corrected chi connectivity index (χ1v) is 20.3. The van der Waals surface area contributed by atoms with E-state index in [9.17, 15) is 0 Å². The second kappa shape index (κ2) is 11.6. The summed E-state index contributed by atoms with van der Waals surface area (Å²) in [5.74, 6) is 2.91. The zero-order valence-electron chi connectivity index (χ0n) is 7.77. The van der Waals surface area contributed by atoms with E-state index < -0.39 is 21.5 Å². The molecule has 0 aliphatic carbocycles. The Morgan fingerprint density at radius 3 is 1.73 bits per heavy atom. The fourth-order valence-electron chi connectivity index (χ4n) is 0.670. The predicted molar refractivity (Wildman–Crippen MR) is 54.7 cm³/mol. The number of hydrogen-bond acceptors (Lipinski definition) is 2. The number of hydrogen-bond donors (Lipinski definition) is 0. The van der Waals surface area contributed by atoms with Crippen LogP contribution in [-0.2, 0) is 21.5 Å². The van der Waals surface area contributed by atoms with Gasteiger partial charge in [0.1, 0.15) is 0 Å². The van der Waals surface area contributed by atoms with E-state index in [0.717, 1.165) is 0 Å². The van der Waals surface area contributed by atoms with Crippen molar-refractivity contribution in [3.05, 3.63) is 0 Å². The molecule has 0 bridgehead atoms. The van der Waals surface area contributed by atoms with Gasteiger partial charge < -0.3 is 0 Å². The van der Waals surface area contributed by atoms with Crippen LogP contribution < -0.4 is 0 Å². The SMILES string of the molecule is CCCC[S][Hg][S]CCCC. The Hall–Kier alpha value is 1.64. The zero-order valence-corrected chi connectivity index (χ0v) is 14.9. The molecule has 0 N–H and O–H groups in total. The number of unbranched alkanes of at least 4 members (excludes halogenated alkanes) is 2. The van der Waals surface area contributed by atoms with Crippen molar-refractivity contribution in [2.45, 2.75) is 39.5 Å². The van der Waals surface area contributed by atoms with Crippen LogP contribution in [0.2, 0.25) is 0 Å². The summed E-state index contributed by atoms with van der Waals surface area (Å²) in [7, 11) is 4.63. The van der Waals surface area contributed by atoms with Gasteiger partial charge in [-0.15, -0.1) is 0 Å². The first-order valence-electron chi connectivity index (χ1n) is 4.57. The fraction of sp³-hybridized carbons (Fsp3) is 1.00. The van der Waals surface area contributed by atoms with Crippen LogP contribution in [0.3, 0.4) is 0 Å². The number of rotatable bonds is 8. The average molecular weight is 379 g/mol. The Bertz CT molecular complexity index is 61.1. The summed E-state index contributed by atoms with van der Waals surface area (Å²) in [5, 5.41) is 0. The Balaban J connectivity index is 2.69. The molecular weight excluding hydrogens is 361 g/mol. The molecule has 0 amide bonds. The molecular formula is C8H18HgS2. The maximum atomic E-state index is 2.31. The van der Waals surface area contributed by atoms with Crippen LogP contribution in [-0.4, -0.2) is 11.5 Å². The summed E-state index contributed by atoms with van der Waals surface area (Å²) in [6.45, 7) is 4.56. The molecule has 0 saturated heterocycles. The molecule has 0 spiro atoms. The van der Waals surface area contributed by atoms with Crippen molar-refractivity contribution in [2.24, 2.45) is 0 Å². The van der Waals surface area contributed by atoms with Crippen molar-refractivity contribution in [2.75, 3.05) is 11.5 Å². The van der Waals surface area contributed by atoms with E-state index in [4.69, 9.17) is 0 Å². The molecule has 0 unspecified atom stereocenters. The summed E-state index contributed by atoms with van der Waals surface area (Å²) in [4.78, 5) is 0. The van der Waals surface area contributed by atoms with Gasteiger partial charge in [0.15, 0.2) is 0 Å². The van der Waals surface area contributed by atoms with Crippen molar-refractivity contribution in [3.63, 3.8) is 0 Å². The first kappa shape index (κ1) is 12.6. The molecule has 0 nitrogen and oxygen atoms in total. The van der Waals surface area contributed by atoms with Crippen LogP contribution in [0, 0.1) is 0 Å². The Morgan fingerprint density at radius 1 is 0.909 bits per heavy atom. The summed E-state index contributed by atoms with van der Waals surface area (Å²) < 4.78 is 0. The summed E-state index contributed by atoms with van der Waals surface area (Å²) in [6, 6.07) is 0. The van der Waals surface area contributed by atoms with Gasteiger partial charge in [-0.05, 0) is 0 Å². The van der Waals surface area contributed by atoms with Crippen LogP contribution in [0.25, 0.3) is 0 Å². The predicted octanol–water partition coefficient (Wildman–Crippen LogP) is 3.97. The van der Waals surface area contributed by atoms with Crippen molar-refractivity contribution in [1.29, 1.82) is 0 Å². The van der Waals surface area contributed by atoms with Gasteiger partial charge in [0.2, 0.25) is 0 Å². The van der Waals surface area contributed by atoms with Gasteiger partial charge in [0, 0.05) is 0 Å². The molecule has 64 valence electrons. The van der Waals surface area contributed by atoms with Gasteiger partial charge in [-0.3, -0.25) is 0 Å². The van der Waals surface area contributed by atoms with Crippen molar-refractivity contribution < 1.29 is 21.5 Å². The average Bonchev–Trinajstić information content (AvgIpc) is 2.03. The van der Waals surface area contributed by atoms with Crippen molar-refractivity contribution in [3.8, 4) is 0 Å². The molecule has 0 fully saturated rings. The van der Waals surface area contributed by atoms with Gasteiger partial charge >= 0.3 is 89.1 Å². The fourth-order valence-corrected chi connectivity index (χ4v) is 20.2. The van der Waals surface area contributed by atoms with E-state index in [-0.39, 0.29) is 0 Å². The summed E-state index contributed by atoms with van der Waals surface area (Å²) >= 11 is -0.457. The molecule has 11 heavy (non-hydrogen) atoms. The quantitative estimate of drug-likeness (QED) is 0.463. The van der Waals surface area contributed by atoms with Crippen molar-refractivity contribution in [1.82, 2.24) is 0 Å². The molecule has 0 aromatic rings. The Kier molecular flexibility index (Phi) is 13.4. The first-order chi connectivity index (χ1) is 5.41. The molecule has 3 heteroatoms. The Labute approximate surface area is 88.3 Å². The third kappa shape index (κ3) is 11.6. The molecule has 0 aliphatic rings. The molecule has 0 rings (SSSR count). The maximum absolute atomic E-state index is 2.31. The van der Waals surface area contributed by atoms with Crippen LogP contribution in [0.5, 0.6) is 0 Å². The van der Waals surface area contributed by atoms with E-state index in [1.54, 1.807) is 0 Å². The summed E-state index contributed by atoms with van der Waals surface area (Å²) in [5.41, 5.74) is 0. The second-order valence-electron chi connectivity index (χ2n) is 2.64. The van der Waals surface area contributed by atoms with Gasteiger partial charge in [-0.2, -0.15) is 0 Å². The monoisotopic (exact) mass is 380 g/mol. The van der Waals surface area contributed by atoms with Crippen LogP contribution in [0.15, 0.2) is 0 Å². The minimum absolute atomic E-state index is 0.457. The van der Waals surface area contributed by atoms with Crippen LogP contribution >= 0.6 is 16.5 Å². The molecule has 0 saturated carbocycles. The molecule has 0 aromatic heterocycles. The van der Waals surface area contributed by atoms with E-state index in [2.05, 4.69) is 30.3 Å². The third-order valence-corrected chi connectivity index (χ3v) is 22.3. The normalized spacial score (nSPS) is 9.64. The molecule has 0 aromatic carbocycles. The van der Waals surface area contributed by atoms with Gasteiger partial charge in [0.05, 0.1) is 0 Å². The second-order valence-corrected chi connectivity index (χ2v) is 23.0. The minimum atomic E-state index is -0.457. The standard InChI is InChI=1S/2C4H10S.Hg/c2*1-2-3-4-5;/h2*5H,2-4H2,1H3;/q;;+2/p-2. The Morgan fingerprint density at radius 2 is 1.36 bits per heavy atom. The van der Waals surface area contributed by atoms with Gasteiger partial charge in [-0.1, -0.05) is 0 Å². The van der Waals surface area contributed by atoms with Gasteiger partial charge in [0.25, 0.3) is 0 Å². The van der Waals surface area contributed by atoms with Gasteiger partial charge in [-0.25, -0.2) is 0 Å². The molecule has 0 radical (unpaired) electrons. The van der Waals surface area contributed by atoms with E-state index >= 15 is 0 Å². The van der Waals surface area contributed by atoms with E-state index in [0.29, 0.717) is 0 Å². The zero-order chi connectivity index (χ0) is 8.36. The molecule has 0 atom stereocenters. The topological polar surface area (TPSA) is 0 Å². The van der Waals surface area contributed by atoms with Crippen LogP contribution in [0.4, 0.5) is 0 Å². The van der Waals surface area contributed by atoms with Crippen molar-refractivity contribution >= 4 is 16.5 Å². The molecule has 0 aliphatic heterocycles. The van der Waals surface area contributed by atoms with E-state index in [1.165, 1.54) is 37.2 Å². The van der Waals surface area contributed by atoms with E-state index in [1.807, 2.05) is 0 Å².